The van der Waals surface area contributed by atoms with E-state index in [0.29, 0.717) is 0 Å². The van der Waals surface area contributed by atoms with Crippen LogP contribution in [0.25, 0.3) is 0 Å². The van der Waals surface area contributed by atoms with E-state index < -0.39 is 19.1 Å². The molecular formula is C3H8Cl2InN. The van der Waals surface area contributed by atoms with Crippen LogP contribution in [0.15, 0.2) is 0 Å². The number of halogens is 2. The molecule has 42 valence electrons. The van der Waals surface area contributed by atoms with Gasteiger partial charge in [-0.2, -0.15) is 0 Å². The number of rotatable bonds is 2. The zero-order valence-corrected chi connectivity index (χ0v) is 9.30. The van der Waals surface area contributed by atoms with Crippen molar-refractivity contribution in [1.82, 2.24) is 4.90 Å². The van der Waals surface area contributed by atoms with Gasteiger partial charge in [0.1, 0.15) is 0 Å². The quantitative estimate of drug-likeness (QED) is 0.701. The van der Waals surface area contributed by atoms with E-state index in [0.717, 1.165) is 4.30 Å². The van der Waals surface area contributed by atoms with Gasteiger partial charge in [0.25, 0.3) is 0 Å². The predicted octanol–water partition coefficient (Wildman–Crippen LogP) is 1.05. The molecule has 0 unspecified atom stereocenters. The first-order chi connectivity index (χ1) is 3.13. The Labute approximate surface area is 59.3 Å². The number of nitrogens with zero attached hydrogens (tertiary/aromatic N) is 1. The molecule has 0 aliphatic rings. The Balaban J connectivity index is 2.95. The molecule has 7 heavy (non-hydrogen) atoms. The number of hydrogen-bond donors (Lipinski definition) is 0. The van der Waals surface area contributed by atoms with Crippen LogP contribution in [0.3, 0.4) is 0 Å². The van der Waals surface area contributed by atoms with Gasteiger partial charge in [0.05, 0.1) is 0 Å². The van der Waals surface area contributed by atoms with Crippen molar-refractivity contribution in [3.05, 3.63) is 0 Å². The Morgan fingerprint density at radius 2 is 1.86 bits per heavy atom. The van der Waals surface area contributed by atoms with Gasteiger partial charge in [-0.3, -0.25) is 0 Å². The molecule has 0 N–H and O–H groups in total. The van der Waals surface area contributed by atoms with Crippen LogP contribution in [0.5, 0.6) is 0 Å². The standard InChI is InChI=1S/C3H8N.2ClH.In/c1-4(2)3;;;/h1H2,2-3H3;2*1H;/q;;;+2/p-2. The maximum absolute atomic E-state index is 5.61. The fourth-order valence-electron chi connectivity index (χ4n) is 0.276. The molecule has 0 rings (SSSR count). The summed E-state index contributed by atoms with van der Waals surface area (Å²) in [6.07, 6.45) is 0. The van der Waals surface area contributed by atoms with E-state index in [9.17, 15) is 0 Å². The van der Waals surface area contributed by atoms with E-state index in [1.165, 1.54) is 0 Å². The van der Waals surface area contributed by atoms with Gasteiger partial charge in [0, 0.05) is 0 Å². The second-order valence-electron chi connectivity index (χ2n) is 1.65. The van der Waals surface area contributed by atoms with Gasteiger partial charge < -0.3 is 0 Å². The monoisotopic (exact) mass is 243 g/mol. The Bertz CT molecular complexity index is 42.2. The average molecular weight is 244 g/mol. The van der Waals surface area contributed by atoms with Crippen molar-refractivity contribution in [2.24, 2.45) is 0 Å². The summed E-state index contributed by atoms with van der Waals surface area (Å²) in [5, 5.41) is 0. The normalized spacial score (nSPS) is 9.86. The molecule has 0 aromatic rings. The second kappa shape index (κ2) is 4.30. The molecule has 4 heteroatoms. The van der Waals surface area contributed by atoms with Gasteiger partial charge in [-0.25, -0.2) is 0 Å². The molecule has 0 radical (unpaired) electrons. The van der Waals surface area contributed by atoms with Crippen LogP contribution in [-0.2, 0) is 0 Å². The van der Waals surface area contributed by atoms with Gasteiger partial charge in [-0.05, 0) is 0 Å². The van der Waals surface area contributed by atoms with Crippen LogP contribution in [0, 0.1) is 0 Å². The molecule has 0 aliphatic heterocycles. The molecular weight excluding hydrogens is 236 g/mol. The van der Waals surface area contributed by atoms with E-state index in [1.807, 2.05) is 19.0 Å². The third kappa shape index (κ3) is 7.41. The van der Waals surface area contributed by atoms with Gasteiger partial charge in [-0.1, -0.05) is 0 Å². The maximum atomic E-state index is 5.61. The van der Waals surface area contributed by atoms with Crippen molar-refractivity contribution in [2.75, 3.05) is 18.4 Å². The minimum absolute atomic E-state index is 0.935. The zero-order chi connectivity index (χ0) is 5.86. The van der Waals surface area contributed by atoms with Crippen molar-refractivity contribution in [3.8, 4) is 0 Å². The van der Waals surface area contributed by atoms with Crippen molar-refractivity contribution in [3.63, 3.8) is 0 Å². The Hall–Kier alpha value is 1.41. The first-order valence-corrected chi connectivity index (χ1v) is 12.7. The summed E-state index contributed by atoms with van der Waals surface area (Å²) in [6.45, 7) is 0. The number of hydrogen-bond acceptors (Lipinski definition) is 1. The topological polar surface area (TPSA) is 3.24 Å². The first kappa shape index (κ1) is 8.41. The third-order valence-corrected chi connectivity index (χ3v) is 5.23. The van der Waals surface area contributed by atoms with E-state index in [1.54, 1.807) is 0 Å². The molecule has 1 nitrogen and oxygen atoms in total. The minimum atomic E-state index is -1.92. The van der Waals surface area contributed by atoms with E-state index in [4.69, 9.17) is 17.2 Å². The van der Waals surface area contributed by atoms with E-state index in [2.05, 4.69) is 0 Å². The van der Waals surface area contributed by atoms with Gasteiger partial charge in [0.15, 0.2) is 0 Å². The molecule has 0 bridgehead atoms. The average Bonchev–Trinajstić information content (AvgIpc) is 1.27. The molecule has 0 spiro atoms. The van der Waals surface area contributed by atoms with Crippen molar-refractivity contribution in [2.45, 2.75) is 0 Å². The van der Waals surface area contributed by atoms with E-state index in [-0.39, 0.29) is 0 Å². The summed E-state index contributed by atoms with van der Waals surface area (Å²) in [4.78, 5) is 2.03. The van der Waals surface area contributed by atoms with E-state index >= 15 is 0 Å². The fourth-order valence-corrected chi connectivity index (χ4v) is 5.55. The molecule has 0 aliphatic carbocycles. The Morgan fingerprint density at radius 3 is 1.86 bits per heavy atom. The predicted molar refractivity (Wildman–Crippen MR) is 36.0 cm³/mol. The summed E-state index contributed by atoms with van der Waals surface area (Å²) in [5.74, 6) is 0. The summed E-state index contributed by atoms with van der Waals surface area (Å²) >= 11 is -1.92. The second-order valence-corrected chi connectivity index (χ2v) is 13.5. The SMILES string of the molecule is CN(C)[CH2][In]([Cl])[Cl]. The van der Waals surface area contributed by atoms with Crippen LogP contribution in [0.1, 0.15) is 0 Å². The Kier molecular flexibility index (Phi) is 5.17. The van der Waals surface area contributed by atoms with Gasteiger partial charge >= 0.3 is 59.5 Å². The molecule has 0 saturated heterocycles. The molecule has 0 fully saturated rings. The van der Waals surface area contributed by atoms with Crippen molar-refractivity contribution < 1.29 is 0 Å². The summed E-state index contributed by atoms with van der Waals surface area (Å²) in [7, 11) is 15.2. The van der Waals surface area contributed by atoms with Crippen molar-refractivity contribution >= 4 is 36.2 Å². The Morgan fingerprint density at radius 1 is 1.43 bits per heavy atom. The molecule has 0 heterocycles. The van der Waals surface area contributed by atoms with Gasteiger partial charge in [-0.15, -0.1) is 0 Å². The van der Waals surface area contributed by atoms with Crippen LogP contribution < -0.4 is 0 Å². The van der Waals surface area contributed by atoms with Crippen LogP contribution in [-0.4, -0.2) is 42.4 Å². The molecule has 0 atom stereocenters. The molecule has 0 aromatic carbocycles. The third-order valence-electron chi connectivity index (χ3n) is 0.503. The first-order valence-electron chi connectivity index (χ1n) is 2.06. The molecule has 0 aromatic heterocycles. The fraction of sp³-hybridized carbons (Fsp3) is 1.00. The molecule has 0 saturated carbocycles. The zero-order valence-electron chi connectivity index (χ0n) is 4.49. The van der Waals surface area contributed by atoms with Gasteiger partial charge in [0.2, 0.25) is 0 Å². The van der Waals surface area contributed by atoms with Crippen LogP contribution in [0.2, 0.25) is 0 Å². The summed E-state index contributed by atoms with van der Waals surface area (Å²) in [6, 6.07) is 0. The van der Waals surface area contributed by atoms with Crippen molar-refractivity contribution in [1.29, 1.82) is 0 Å². The van der Waals surface area contributed by atoms with Crippen LogP contribution >= 0.6 is 17.2 Å². The van der Waals surface area contributed by atoms with Crippen LogP contribution in [0.4, 0.5) is 0 Å². The summed E-state index contributed by atoms with van der Waals surface area (Å²) < 4.78 is 0.935. The summed E-state index contributed by atoms with van der Waals surface area (Å²) in [5.41, 5.74) is 0. The molecule has 0 amide bonds.